The second kappa shape index (κ2) is 5.96. The van der Waals surface area contributed by atoms with Crippen LogP contribution in [0.25, 0.3) is 0 Å². The van der Waals surface area contributed by atoms with E-state index in [1.165, 1.54) is 6.07 Å². The monoisotopic (exact) mass is 274 g/mol. The summed E-state index contributed by atoms with van der Waals surface area (Å²) in [6, 6.07) is 6.18. The quantitative estimate of drug-likeness (QED) is 0.666. The van der Waals surface area contributed by atoms with E-state index >= 15 is 0 Å². The molecule has 1 aromatic carbocycles. The highest BCUT2D eigenvalue weighted by Gasteiger charge is 2.11. The molecule has 1 heterocycles. The maximum Gasteiger partial charge on any atom is 0.272 e. The van der Waals surface area contributed by atoms with Crippen LogP contribution in [-0.2, 0) is 0 Å². The first kappa shape index (κ1) is 13.7. The molecule has 0 saturated carbocycles. The first-order valence-electron chi connectivity index (χ1n) is 6.10. The molecule has 104 valence electrons. The zero-order valence-corrected chi connectivity index (χ0v) is 11.2. The Morgan fingerprint density at radius 3 is 2.85 bits per heavy atom. The normalized spacial score (nSPS) is 10.1. The molecule has 7 heteroatoms. The van der Waals surface area contributed by atoms with Crippen LogP contribution < -0.4 is 10.1 Å². The maximum atomic E-state index is 10.7. The van der Waals surface area contributed by atoms with Crippen LogP contribution in [0.15, 0.2) is 30.5 Å². The van der Waals surface area contributed by atoms with Crippen molar-refractivity contribution in [1.82, 2.24) is 9.97 Å². The average molecular weight is 274 g/mol. The fraction of sp³-hybridized carbons (Fsp3) is 0.231. The number of rotatable bonds is 5. The summed E-state index contributed by atoms with van der Waals surface area (Å²) in [4.78, 5) is 18.5. The Morgan fingerprint density at radius 2 is 2.20 bits per heavy atom. The highest BCUT2D eigenvalue weighted by atomic mass is 16.6. The smallest absolute Gasteiger partial charge is 0.272 e. The molecule has 1 N–H and O–H groups in total. The Kier molecular flexibility index (Phi) is 4.09. The Balaban J connectivity index is 2.19. The van der Waals surface area contributed by atoms with E-state index in [9.17, 15) is 10.1 Å². The summed E-state index contributed by atoms with van der Waals surface area (Å²) in [5.41, 5.74) is 0.599. The molecule has 0 aliphatic rings. The van der Waals surface area contributed by atoms with E-state index in [1.807, 2.05) is 6.92 Å². The summed E-state index contributed by atoms with van der Waals surface area (Å²) < 4.78 is 5.57. The molecule has 0 spiro atoms. The molecule has 0 unspecified atom stereocenters. The molecule has 0 fully saturated rings. The van der Waals surface area contributed by atoms with Crippen LogP contribution in [-0.4, -0.2) is 21.4 Å². The first-order valence-corrected chi connectivity index (χ1v) is 6.10. The van der Waals surface area contributed by atoms with Crippen molar-refractivity contribution in [1.29, 1.82) is 0 Å². The molecular weight excluding hydrogens is 260 g/mol. The van der Waals surface area contributed by atoms with Crippen molar-refractivity contribution in [3.63, 3.8) is 0 Å². The first-order chi connectivity index (χ1) is 9.60. The van der Waals surface area contributed by atoms with Crippen LogP contribution in [0.5, 0.6) is 11.6 Å². The zero-order chi connectivity index (χ0) is 14.5. The van der Waals surface area contributed by atoms with Gasteiger partial charge >= 0.3 is 0 Å². The molecule has 20 heavy (non-hydrogen) atoms. The molecule has 2 aromatic rings. The average Bonchev–Trinajstić information content (AvgIpc) is 2.39. The number of aromatic nitrogens is 2. The van der Waals surface area contributed by atoms with E-state index in [1.54, 1.807) is 31.3 Å². The summed E-state index contributed by atoms with van der Waals surface area (Å²) in [6.45, 7) is 4.31. The summed E-state index contributed by atoms with van der Waals surface area (Å²) in [5.74, 6) is 1.35. The molecule has 0 amide bonds. The molecule has 0 radical (unpaired) electrons. The van der Waals surface area contributed by atoms with Gasteiger partial charge in [0.2, 0.25) is 11.8 Å². The molecule has 7 nitrogen and oxygen atoms in total. The van der Waals surface area contributed by atoms with Crippen molar-refractivity contribution in [3.05, 3.63) is 46.1 Å². The van der Waals surface area contributed by atoms with Gasteiger partial charge in [-0.1, -0.05) is 0 Å². The molecule has 1 aromatic heterocycles. The molecule has 0 aliphatic carbocycles. The topological polar surface area (TPSA) is 90.2 Å². The number of aryl methyl sites for hydroxylation is 1. The lowest BCUT2D eigenvalue weighted by atomic mass is 10.2. The SMILES string of the molecule is CCNc1nccc(Oc2ccc([N+](=O)[O-])c(C)c2)n1. The van der Waals surface area contributed by atoms with Gasteiger partial charge in [-0.2, -0.15) is 4.98 Å². The van der Waals surface area contributed by atoms with Crippen molar-refractivity contribution in [2.45, 2.75) is 13.8 Å². The van der Waals surface area contributed by atoms with Gasteiger partial charge in [0.25, 0.3) is 5.69 Å². The van der Waals surface area contributed by atoms with Gasteiger partial charge in [0.1, 0.15) is 5.75 Å². The second-order valence-corrected chi connectivity index (χ2v) is 4.06. The fourth-order valence-electron chi connectivity index (χ4n) is 1.66. The van der Waals surface area contributed by atoms with E-state index in [-0.39, 0.29) is 5.69 Å². The number of nitrogens with one attached hydrogen (secondary N) is 1. The van der Waals surface area contributed by atoms with Gasteiger partial charge in [-0.3, -0.25) is 10.1 Å². The maximum absolute atomic E-state index is 10.7. The molecular formula is C13H14N4O3. The van der Waals surface area contributed by atoms with Crippen molar-refractivity contribution < 1.29 is 9.66 Å². The van der Waals surface area contributed by atoms with Crippen LogP contribution in [0.3, 0.4) is 0 Å². The number of nitro groups is 1. The molecule has 0 saturated heterocycles. The third-order valence-electron chi connectivity index (χ3n) is 2.55. The number of hydrogen-bond donors (Lipinski definition) is 1. The number of anilines is 1. The predicted octanol–water partition coefficient (Wildman–Crippen LogP) is 2.92. The second-order valence-electron chi connectivity index (χ2n) is 4.06. The molecule has 0 atom stereocenters. The third kappa shape index (κ3) is 3.19. The minimum absolute atomic E-state index is 0.0633. The number of nitro benzene ring substituents is 1. The van der Waals surface area contributed by atoms with Crippen LogP contribution in [0.2, 0.25) is 0 Å². The van der Waals surface area contributed by atoms with Crippen LogP contribution >= 0.6 is 0 Å². The molecule has 0 bridgehead atoms. The van der Waals surface area contributed by atoms with Gasteiger partial charge in [-0.05, 0) is 26.0 Å². The lowest BCUT2D eigenvalue weighted by Gasteiger charge is -2.07. The van der Waals surface area contributed by atoms with E-state index in [4.69, 9.17) is 4.74 Å². The summed E-state index contributed by atoms with van der Waals surface area (Å²) in [5, 5.41) is 13.7. The Morgan fingerprint density at radius 1 is 1.40 bits per heavy atom. The minimum Gasteiger partial charge on any atom is -0.439 e. The number of ether oxygens (including phenoxy) is 1. The number of hydrogen-bond acceptors (Lipinski definition) is 6. The number of benzene rings is 1. The fourth-order valence-corrected chi connectivity index (χ4v) is 1.66. The molecule has 0 aliphatic heterocycles. The van der Waals surface area contributed by atoms with E-state index in [0.717, 1.165) is 0 Å². The van der Waals surface area contributed by atoms with Crippen LogP contribution in [0.1, 0.15) is 12.5 Å². The lowest BCUT2D eigenvalue weighted by Crippen LogP contribution is -2.02. The van der Waals surface area contributed by atoms with E-state index in [2.05, 4.69) is 15.3 Å². The molecule has 2 rings (SSSR count). The van der Waals surface area contributed by atoms with Crippen molar-refractivity contribution >= 4 is 11.6 Å². The third-order valence-corrected chi connectivity index (χ3v) is 2.55. The van der Waals surface area contributed by atoms with Gasteiger partial charge in [0.15, 0.2) is 0 Å². The zero-order valence-electron chi connectivity index (χ0n) is 11.2. The summed E-state index contributed by atoms with van der Waals surface area (Å²) >= 11 is 0. The Bertz CT molecular complexity index is 631. The van der Waals surface area contributed by atoms with Crippen LogP contribution in [0, 0.1) is 17.0 Å². The summed E-state index contributed by atoms with van der Waals surface area (Å²) in [6.07, 6.45) is 1.58. The van der Waals surface area contributed by atoms with Crippen molar-refractivity contribution in [2.75, 3.05) is 11.9 Å². The van der Waals surface area contributed by atoms with Gasteiger partial charge in [0.05, 0.1) is 4.92 Å². The lowest BCUT2D eigenvalue weighted by molar-refractivity contribution is -0.385. The van der Waals surface area contributed by atoms with Gasteiger partial charge < -0.3 is 10.1 Å². The van der Waals surface area contributed by atoms with Crippen molar-refractivity contribution in [2.24, 2.45) is 0 Å². The standard InChI is InChI=1S/C13H14N4O3/c1-3-14-13-15-7-6-12(16-13)20-10-4-5-11(17(18)19)9(2)8-10/h4-8H,3H2,1-2H3,(H,14,15,16). The van der Waals surface area contributed by atoms with E-state index in [0.29, 0.717) is 29.7 Å². The minimum atomic E-state index is -0.424. The predicted molar refractivity (Wildman–Crippen MR) is 74.1 cm³/mol. The number of nitrogens with zero attached hydrogens (tertiary/aromatic N) is 3. The Labute approximate surface area is 115 Å². The largest absolute Gasteiger partial charge is 0.439 e. The van der Waals surface area contributed by atoms with Gasteiger partial charge in [0, 0.05) is 30.4 Å². The highest BCUT2D eigenvalue weighted by molar-refractivity contribution is 5.45. The van der Waals surface area contributed by atoms with Crippen molar-refractivity contribution in [3.8, 4) is 11.6 Å². The van der Waals surface area contributed by atoms with Gasteiger partial charge in [-0.25, -0.2) is 4.98 Å². The van der Waals surface area contributed by atoms with Gasteiger partial charge in [-0.15, -0.1) is 0 Å². The highest BCUT2D eigenvalue weighted by Crippen LogP contribution is 2.26. The van der Waals surface area contributed by atoms with Crippen LogP contribution in [0.4, 0.5) is 11.6 Å². The Hall–Kier alpha value is -2.70. The summed E-state index contributed by atoms with van der Waals surface area (Å²) in [7, 11) is 0. The van der Waals surface area contributed by atoms with E-state index < -0.39 is 4.92 Å².